The highest BCUT2D eigenvalue weighted by atomic mass is 32.2. The van der Waals surface area contributed by atoms with Crippen LogP contribution < -0.4 is 0 Å². The summed E-state index contributed by atoms with van der Waals surface area (Å²) < 4.78 is 5.06. The van der Waals surface area contributed by atoms with E-state index >= 15 is 0 Å². The predicted octanol–water partition coefficient (Wildman–Crippen LogP) is 5.32. The summed E-state index contributed by atoms with van der Waals surface area (Å²) in [5.41, 5.74) is 1.37. The van der Waals surface area contributed by atoms with Crippen LogP contribution in [0.25, 0.3) is 6.08 Å². The number of amides is 1. The highest BCUT2D eigenvalue weighted by Crippen LogP contribution is 2.40. The second kappa shape index (κ2) is 9.24. The van der Waals surface area contributed by atoms with Crippen molar-refractivity contribution in [1.82, 2.24) is 0 Å². The second-order valence-electron chi connectivity index (χ2n) is 6.30. The molecule has 0 bridgehead atoms. The van der Waals surface area contributed by atoms with Crippen molar-refractivity contribution in [3.05, 3.63) is 73.5 Å². The molecule has 150 valence electrons. The Bertz CT molecular complexity index is 1030. The van der Waals surface area contributed by atoms with E-state index in [9.17, 15) is 14.7 Å². The van der Waals surface area contributed by atoms with Gasteiger partial charge in [-0.3, -0.25) is 4.79 Å². The van der Waals surface area contributed by atoms with Crippen LogP contribution in [-0.4, -0.2) is 28.6 Å². The first-order valence-corrected chi connectivity index (χ1v) is 10.8. The third kappa shape index (κ3) is 4.86. The summed E-state index contributed by atoms with van der Waals surface area (Å²) in [7, 11) is 0. The number of benzene rings is 1. The number of rotatable bonds is 5. The van der Waals surface area contributed by atoms with Gasteiger partial charge in [-0.1, -0.05) is 36.4 Å². The number of nitrogens with zero attached hydrogens (tertiary/aromatic N) is 1. The first kappa shape index (κ1) is 21.1. The normalized spacial score (nSPS) is 16.7. The Morgan fingerprint density at radius 2 is 1.86 bits per heavy atom. The van der Waals surface area contributed by atoms with Gasteiger partial charge in [-0.15, -0.1) is 11.3 Å². The number of hydrogen-bond donors (Lipinski definition) is 1. The van der Waals surface area contributed by atoms with Crippen LogP contribution in [-0.2, 0) is 16.0 Å². The molecular weight excluding hydrogens is 406 g/mol. The second-order valence-corrected chi connectivity index (χ2v) is 8.53. The molecule has 0 atom stereocenters. The lowest BCUT2D eigenvalue weighted by atomic mass is 10.1. The van der Waals surface area contributed by atoms with Crippen molar-refractivity contribution < 1.29 is 19.4 Å². The highest BCUT2D eigenvalue weighted by Gasteiger charge is 2.34. The smallest absolute Gasteiger partial charge is 0.344 e. The molecule has 2 aromatic rings. The van der Waals surface area contributed by atoms with Crippen LogP contribution in [0.2, 0.25) is 0 Å². The summed E-state index contributed by atoms with van der Waals surface area (Å²) in [6.07, 6.45) is 2.72. The number of carbonyl (C=O) groups is 2. The van der Waals surface area contributed by atoms with Gasteiger partial charge in [-0.05, 0) is 50.6 Å². The number of esters is 1. The molecule has 1 aromatic heterocycles. The number of aliphatic hydroxyl groups is 1. The van der Waals surface area contributed by atoms with Gasteiger partial charge in [0.1, 0.15) is 16.4 Å². The lowest BCUT2D eigenvalue weighted by Crippen LogP contribution is -2.14. The molecule has 0 saturated carbocycles. The molecule has 0 aliphatic carbocycles. The molecular formula is C22H21NO4S2. The summed E-state index contributed by atoms with van der Waals surface area (Å²) in [5.74, 6) is -1.39. The fraction of sp³-hybridized carbons (Fsp3) is 0.227. The van der Waals surface area contributed by atoms with Crippen LogP contribution in [0.3, 0.4) is 0 Å². The molecule has 0 saturated heterocycles. The quantitative estimate of drug-likeness (QED) is 0.654. The molecule has 0 unspecified atom stereocenters. The number of thioether (sulfide) groups is 1. The van der Waals surface area contributed by atoms with Crippen LogP contribution in [0.15, 0.2) is 57.6 Å². The zero-order valence-electron chi connectivity index (χ0n) is 16.4. The van der Waals surface area contributed by atoms with Crippen LogP contribution in [0.4, 0.5) is 0 Å². The third-order valence-electron chi connectivity index (χ3n) is 4.18. The van der Waals surface area contributed by atoms with Gasteiger partial charge in [0.25, 0.3) is 5.91 Å². The minimum Gasteiger partial charge on any atom is -0.506 e. The van der Waals surface area contributed by atoms with Gasteiger partial charge in [0.15, 0.2) is 0 Å². The fourth-order valence-corrected chi connectivity index (χ4v) is 4.61. The average Bonchev–Trinajstić information content (AvgIpc) is 3.27. The molecule has 1 amide bonds. The van der Waals surface area contributed by atoms with Crippen molar-refractivity contribution >= 4 is 46.1 Å². The molecule has 3 rings (SSSR count). The molecule has 29 heavy (non-hydrogen) atoms. The van der Waals surface area contributed by atoms with Crippen molar-refractivity contribution in [1.29, 1.82) is 0 Å². The van der Waals surface area contributed by atoms with Gasteiger partial charge < -0.3 is 9.84 Å². The maximum Gasteiger partial charge on any atom is 0.344 e. The van der Waals surface area contributed by atoms with Crippen LogP contribution in [0.1, 0.15) is 39.5 Å². The minimum absolute atomic E-state index is 0.0733. The molecule has 2 heterocycles. The van der Waals surface area contributed by atoms with Crippen LogP contribution >= 0.6 is 23.1 Å². The highest BCUT2D eigenvalue weighted by molar-refractivity contribution is 8.18. The van der Waals surface area contributed by atoms with Crippen LogP contribution in [0, 0.1) is 6.92 Å². The van der Waals surface area contributed by atoms with Gasteiger partial charge in [-0.25, -0.2) is 9.79 Å². The lowest BCUT2D eigenvalue weighted by Gasteiger charge is -2.03. The Balaban J connectivity index is 1.98. The molecule has 1 aromatic carbocycles. The van der Waals surface area contributed by atoms with E-state index in [2.05, 4.69) is 11.9 Å². The summed E-state index contributed by atoms with van der Waals surface area (Å²) >= 11 is 2.70. The van der Waals surface area contributed by atoms with Crippen molar-refractivity contribution in [3.8, 4) is 0 Å². The number of aliphatic hydroxyl groups excluding tert-OH is 1. The van der Waals surface area contributed by atoms with Gasteiger partial charge in [-0.2, -0.15) is 0 Å². The topological polar surface area (TPSA) is 76.0 Å². The van der Waals surface area contributed by atoms with Crippen molar-refractivity contribution in [2.24, 2.45) is 4.99 Å². The number of thiophene rings is 1. The summed E-state index contributed by atoms with van der Waals surface area (Å²) in [5, 5.41) is 10.8. The molecule has 7 heteroatoms. The van der Waals surface area contributed by atoms with Gasteiger partial charge >= 0.3 is 5.97 Å². The van der Waals surface area contributed by atoms with Crippen LogP contribution in [0.5, 0.6) is 0 Å². The number of hydrogen-bond acceptors (Lipinski definition) is 6. The Kier molecular flexibility index (Phi) is 6.71. The number of aliphatic imine (C=N–C) groups is 1. The molecule has 1 aliphatic rings. The largest absolute Gasteiger partial charge is 0.506 e. The Morgan fingerprint density at radius 1 is 1.14 bits per heavy atom. The fourth-order valence-electron chi connectivity index (χ4n) is 2.64. The molecule has 1 aliphatic heterocycles. The monoisotopic (exact) mass is 427 g/mol. The first-order valence-electron chi connectivity index (χ1n) is 9.22. The first-order chi connectivity index (χ1) is 13.9. The van der Waals surface area contributed by atoms with Gasteiger partial charge in [0.2, 0.25) is 0 Å². The zero-order valence-corrected chi connectivity index (χ0v) is 18.0. The predicted molar refractivity (Wildman–Crippen MR) is 118 cm³/mol. The summed E-state index contributed by atoms with van der Waals surface area (Å²) in [6.45, 7) is 5.84. The lowest BCUT2D eigenvalue weighted by molar-refractivity contribution is -0.138. The summed E-state index contributed by atoms with van der Waals surface area (Å²) in [4.78, 5) is 31.7. The van der Waals surface area contributed by atoms with Crippen molar-refractivity contribution in [2.75, 3.05) is 6.61 Å². The maximum atomic E-state index is 12.6. The standard InChI is InChI=1S/C22H21NO4S2/c1-4-15-10-11-16(28-15)12-17-19(24)18(22(26)27-5-2)21(29-17)23-20(25)14-8-6-13(3)7-9-14/h6-12,24H,4-5H2,1-3H3/b17-12+,23-21?. The Morgan fingerprint density at radius 3 is 2.48 bits per heavy atom. The Hall–Kier alpha value is -2.64. The molecule has 0 spiro atoms. The number of aryl methyl sites for hydroxylation is 2. The number of carbonyl (C=O) groups excluding carboxylic acids is 2. The minimum atomic E-state index is -0.697. The summed E-state index contributed by atoms with van der Waals surface area (Å²) in [6, 6.07) is 11.0. The average molecular weight is 428 g/mol. The van der Waals surface area contributed by atoms with E-state index in [-0.39, 0.29) is 23.0 Å². The van der Waals surface area contributed by atoms with Gasteiger partial charge in [0, 0.05) is 15.3 Å². The molecule has 1 N–H and O–H groups in total. The Labute approximate surface area is 177 Å². The number of ether oxygens (including phenoxy) is 1. The van der Waals surface area contributed by atoms with E-state index < -0.39 is 11.9 Å². The molecule has 0 fully saturated rings. The van der Waals surface area contributed by atoms with E-state index in [1.807, 2.05) is 31.2 Å². The van der Waals surface area contributed by atoms with Gasteiger partial charge in [0.05, 0.1) is 11.5 Å². The molecule has 0 radical (unpaired) electrons. The van der Waals surface area contributed by atoms with E-state index in [0.29, 0.717) is 10.5 Å². The van der Waals surface area contributed by atoms with E-state index in [0.717, 1.165) is 28.6 Å². The third-order valence-corrected chi connectivity index (χ3v) is 6.37. The van der Waals surface area contributed by atoms with E-state index in [4.69, 9.17) is 4.74 Å². The van der Waals surface area contributed by atoms with E-state index in [1.54, 1.807) is 36.5 Å². The van der Waals surface area contributed by atoms with E-state index in [1.165, 1.54) is 4.88 Å². The van der Waals surface area contributed by atoms with Crippen molar-refractivity contribution in [2.45, 2.75) is 27.2 Å². The SMILES string of the molecule is CCOC(=O)C1=C(O)/C(=C\c2ccc(CC)s2)SC1=NC(=O)c1ccc(C)cc1. The molecule has 5 nitrogen and oxygen atoms in total. The maximum absolute atomic E-state index is 12.6. The zero-order chi connectivity index (χ0) is 21.0. The van der Waals surface area contributed by atoms with Crippen molar-refractivity contribution in [3.63, 3.8) is 0 Å².